The minimum Gasteiger partial charge on any atom is -0.394 e. The van der Waals surface area contributed by atoms with Gasteiger partial charge in [-0.05, 0) is 49.3 Å². The number of carbonyl (C=O) groups excluding carboxylic acids is 2. The molecule has 5 rings (SSSR count). The number of aliphatic hydroxyl groups is 1. The molecule has 3 heterocycles. The Morgan fingerprint density at radius 1 is 1.30 bits per heavy atom. The number of benzene rings is 1. The minimum absolute atomic E-state index is 0.0235. The Kier molecular flexibility index (Phi) is 5.28. The Hall–Kier alpha value is -3.13. The van der Waals surface area contributed by atoms with Gasteiger partial charge in [-0.1, -0.05) is 19.9 Å². The zero-order valence-electron chi connectivity index (χ0n) is 19.4. The number of aromatic nitrogens is 3. The molecule has 1 aliphatic heterocycles. The fraction of sp³-hybridized carbons (Fsp3) is 0.480. The minimum atomic E-state index is -0.270. The van der Waals surface area contributed by atoms with Gasteiger partial charge >= 0.3 is 0 Å². The maximum atomic E-state index is 12.9. The number of likely N-dealkylation sites (tertiary alicyclic amines) is 1. The van der Waals surface area contributed by atoms with Crippen LogP contribution < -0.4 is 4.90 Å². The number of aromatic amines is 2. The van der Waals surface area contributed by atoms with Crippen LogP contribution in [0.5, 0.6) is 0 Å². The highest BCUT2D eigenvalue weighted by Crippen LogP contribution is 2.38. The normalized spacial score (nSPS) is 19.8. The smallest absolute Gasteiger partial charge is 0.246 e. The molecule has 1 aromatic carbocycles. The lowest BCUT2D eigenvalue weighted by Crippen LogP contribution is -2.43. The van der Waals surface area contributed by atoms with Gasteiger partial charge in [0.15, 0.2) is 0 Å². The molecule has 0 saturated carbocycles. The van der Waals surface area contributed by atoms with Crippen LogP contribution in [0.1, 0.15) is 44.4 Å². The van der Waals surface area contributed by atoms with E-state index in [4.69, 9.17) is 0 Å². The maximum Gasteiger partial charge on any atom is 0.246 e. The van der Waals surface area contributed by atoms with Crippen LogP contribution in [0.2, 0.25) is 0 Å². The third kappa shape index (κ3) is 3.93. The van der Waals surface area contributed by atoms with Gasteiger partial charge < -0.3 is 19.9 Å². The molecule has 2 amide bonds. The summed E-state index contributed by atoms with van der Waals surface area (Å²) in [6.45, 7) is 4.45. The van der Waals surface area contributed by atoms with Crippen LogP contribution in [0.3, 0.4) is 0 Å². The molecule has 0 radical (unpaired) electrons. The van der Waals surface area contributed by atoms with E-state index >= 15 is 0 Å². The summed E-state index contributed by atoms with van der Waals surface area (Å²) < 4.78 is 0. The number of anilines is 1. The molecule has 1 atom stereocenters. The van der Waals surface area contributed by atoms with Crippen molar-refractivity contribution in [1.82, 2.24) is 20.1 Å². The number of carbonyl (C=O) groups is 2. The number of H-pyrrole nitrogens is 2. The van der Waals surface area contributed by atoms with Gasteiger partial charge in [-0.3, -0.25) is 14.7 Å². The molecule has 3 aromatic rings. The second kappa shape index (κ2) is 8.02. The van der Waals surface area contributed by atoms with Crippen molar-refractivity contribution in [2.24, 2.45) is 5.41 Å². The Morgan fingerprint density at radius 3 is 2.91 bits per heavy atom. The van der Waals surface area contributed by atoms with Crippen LogP contribution in [0, 0.1) is 5.41 Å². The summed E-state index contributed by atoms with van der Waals surface area (Å²) in [6, 6.07) is 7.69. The van der Waals surface area contributed by atoms with Crippen molar-refractivity contribution in [2.45, 2.75) is 52.0 Å². The average Bonchev–Trinajstić information content (AvgIpc) is 3.48. The second-order valence-electron chi connectivity index (χ2n) is 10.2. The molecule has 8 nitrogen and oxygen atoms in total. The van der Waals surface area contributed by atoms with Crippen molar-refractivity contribution in [2.75, 3.05) is 25.1 Å². The highest BCUT2D eigenvalue weighted by atomic mass is 16.3. The van der Waals surface area contributed by atoms with E-state index in [0.29, 0.717) is 18.3 Å². The number of amides is 2. The van der Waals surface area contributed by atoms with Gasteiger partial charge in [0.2, 0.25) is 11.8 Å². The Bertz CT molecular complexity index is 1220. The zero-order chi connectivity index (χ0) is 23.3. The summed E-state index contributed by atoms with van der Waals surface area (Å²) in [4.78, 5) is 31.5. The van der Waals surface area contributed by atoms with E-state index in [0.717, 1.165) is 47.2 Å². The largest absolute Gasteiger partial charge is 0.394 e. The lowest BCUT2D eigenvalue weighted by Gasteiger charge is -2.28. The number of fused-ring (bicyclic) bond motifs is 2. The molecule has 2 aliphatic rings. The van der Waals surface area contributed by atoms with Crippen molar-refractivity contribution in [1.29, 1.82) is 0 Å². The van der Waals surface area contributed by atoms with Crippen LogP contribution in [0.4, 0.5) is 5.69 Å². The number of aliphatic hydroxyl groups excluding tert-OH is 1. The molecule has 0 bridgehead atoms. The van der Waals surface area contributed by atoms with E-state index < -0.39 is 0 Å². The molecule has 1 saturated heterocycles. The highest BCUT2D eigenvalue weighted by Gasteiger charge is 2.33. The predicted molar refractivity (Wildman–Crippen MR) is 127 cm³/mol. The highest BCUT2D eigenvalue weighted by molar-refractivity contribution is 5.99. The second-order valence-corrected chi connectivity index (χ2v) is 10.2. The van der Waals surface area contributed by atoms with E-state index in [1.54, 1.807) is 11.9 Å². The fourth-order valence-corrected chi connectivity index (χ4v) is 5.12. The first-order valence-corrected chi connectivity index (χ1v) is 11.6. The molecule has 0 unspecified atom stereocenters. The van der Waals surface area contributed by atoms with Gasteiger partial charge in [-0.15, -0.1) is 0 Å². The third-order valence-corrected chi connectivity index (χ3v) is 7.25. The summed E-state index contributed by atoms with van der Waals surface area (Å²) in [5.41, 5.74) is 6.44. The van der Waals surface area contributed by atoms with Crippen LogP contribution in [0.25, 0.3) is 22.3 Å². The Morgan fingerprint density at radius 2 is 2.12 bits per heavy atom. The van der Waals surface area contributed by atoms with Gasteiger partial charge in [0.25, 0.3) is 0 Å². The molecule has 1 fully saturated rings. The third-order valence-electron chi connectivity index (χ3n) is 7.25. The van der Waals surface area contributed by atoms with Crippen molar-refractivity contribution in [3.8, 4) is 11.4 Å². The molecule has 174 valence electrons. The van der Waals surface area contributed by atoms with Crippen molar-refractivity contribution < 1.29 is 14.7 Å². The van der Waals surface area contributed by atoms with Crippen molar-refractivity contribution in [3.05, 3.63) is 35.5 Å². The summed E-state index contributed by atoms with van der Waals surface area (Å²) in [5, 5.41) is 18.4. The molecule has 3 N–H and O–H groups in total. The van der Waals surface area contributed by atoms with Crippen LogP contribution in [0.15, 0.2) is 24.3 Å². The van der Waals surface area contributed by atoms with Crippen molar-refractivity contribution in [3.63, 3.8) is 0 Å². The van der Waals surface area contributed by atoms with E-state index in [9.17, 15) is 14.7 Å². The fourth-order valence-electron chi connectivity index (χ4n) is 5.12. The SMILES string of the molecule is CN(C(=O)CN1C(=O)CC[C@@H]1CO)c1ccc2cc(-c3n[nH]c4c3CCC(C)(C)C4)[nH]c2c1. The molecule has 8 heteroatoms. The summed E-state index contributed by atoms with van der Waals surface area (Å²) >= 11 is 0. The zero-order valence-corrected chi connectivity index (χ0v) is 19.4. The first-order valence-electron chi connectivity index (χ1n) is 11.6. The number of nitrogens with zero attached hydrogens (tertiary/aromatic N) is 3. The van der Waals surface area contributed by atoms with Crippen LogP contribution in [-0.4, -0.2) is 63.2 Å². The molecular formula is C25H31N5O3. The van der Waals surface area contributed by atoms with Crippen molar-refractivity contribution >= 4 is 28.4 Å². The quantitative estimate of drug-likeness (QED) is 0.557. The molecule has 33 heavy (non-hydrogen) atoms. The molecule has 0 spiro atoms. The number of nitrogens with one attached hydrogen (secondary N) is 2. The number of rotatable bonds is 5. The Labute approximate surface area is 193 Å². The molecular weight excluding hydrogens is 418 g/mol. The van der Waals surface area contributed by atoms with E-state index in [-0.39, 0.29) is 31.0 Å². The van der Waals surface area contributed by atoms with Crippen LogP contribution in [-0.2, 0) is 22.4 Å². The number of hydrogen-bond donors (Lipinski definition) is 3. The van der Waals surface area contributed by atoms with E-state index in [2.05, 4.69) is 35.1 Å². The van der Waals surface area contributed by atoms with Gasteiger partial charge in [0.05, 0.1) is 18.3 Å². The first-order chi connectivity index (χ1) is 15.8. The predicted octanol–water partition coefficient (Wildman–Crippen LogP) is 3.02. The van der Waals surface area contributed by atoms with Gasteiger partial charge in [0.1, 0.15) is 12.2 Å². The average molecular weight is 450 g/mol. The van der Waals surface area contributed by atoms with E-state index in [1.807, 2.05) is 18.2 Å². The standard InChI is InChI=1S/C25H31N5O3/c1-25(2)9-8-18-21(12-25)27-28-24(18)20-10-15-4-5-16(11-19(15)26-20)29(3)23(33)13-30-17(14-31)6-7-22(30)32/h4-5,10-11,17,26,31H,6-9,12-14H2,1-3H3,(H,27,28)/t17-/m1/s1. The maximum absolute atomic E-state index is 12.9. The van der Waals surface area contributed by atoms with E-state index in [1.165, 1.54) is 16.2 Å². The number of hydrogen-bond acceptors (Lipinski definition) is 4. The summed E-state index contributed by atoms with van der Waals surface area (Å²) in [5.74, 6) is -0.259. The molecule has 1 aliphatic carbocycles. The number of likely N-dealkylation sites (N-methyl/N-ethyl adjacent to an activating group) is 1. The van der Waals surface area contributed by atoms with Gasteiger partial charge in [-0.2, -0.15) is 5.10 Å². The first kappa shape index (κ1) is 21.7. The van der Waals surface area contributed by atoms with Crippen LogP contribution >= 0.6 is 0 Å². The summed E-state index contributed by atoms with van der Waals surface area (Å²) in [6.07, 6.45) is 4.13. The summed E-state index contributed by atoms with van der Waals surface area (Å²) in [7, 11) is 1.72. The topological polar surface area (TPSA) is 105 Å². The Balaban J connectivity index is 1.37. The lowest BCUT2D eigenvalue weighted by atomic mass is 9.76. The van der Waals surface area contributed by atoms with Gasteiger partial charge in [0, 0.05) is 41.3 Å². The van der Waals surface area contributed by atoms with Gasteiger partial charge in [-0.25, -0.2) is 0 Å². The molecule has 2 aromatic heterocycles. The monoisotopic (exact) mass is 449 g/mol. The lowest BCUT2D eigenvalue weighted by molar-refractivity contribution is -0.133.